The lowest BCUT2D eigenvalue weighted by molar-refractivity contribution is -0.126. The lowest BCUT2D eigenvalue weighted by Crippen LogP contribution is -2.44. The fourth-order valence-electron chi connectivity index (χ4n) is 4.51. The third kappa shape index (κ3) is 5.75. The Morgan fingerprint density at radius 1 is 1.15 bits per heavy atom. The van der Waals surface area contributed by atoms with Gasteiger partial charge in [0.05, 0.1) is 5.92 Å². The van der Waals surface area contributed by atoms with Crippen molar-refractivity contribution in [1.82, 2.24) is 15.6 Å². The van der Waals surface area contributed by atoms with Crippen LogP contribution in [0.1, 0.15) is 40.2 Å². The molecule has 0 radical (unpaired) electrons. The quantitative estimate of drug-likeness (QED) is 0.469. The van der Waals surface area contributed by atoms with Crippen LogP contribution in [0.25, 0.3) is 0 Å². The van der Waals surface area contributed by atoms with E-state index >= 15 is 0 Å². The van der Waals surface area contributed by atoms with Gasteiger partial charge >= 0.3 is 0 Å². The van der Waals surface area contributed by atoms with Gasteiger partial charge < -0.3 is 20.7 Å². The number of pyridine rings is 1. The van der Waals surface area contributed by atoms with E-state index in [4.69, 9.17) is 4.74 Å². The molecule has 2 heterocycles. The number of rotatable bonds is 8. The smallest absolute Gasteiger partial charge is 0.225 e. The molecule has 0 aliphatic carbocycles. The highest BCUT2D eigenvalue weighted by Crippen LogP contribution is 2.32. The summed E-state index contributed by atoms with van der Waals surface area (Å²) in [6.45, 7) is 6.80. The average molecular weight is 459 g/mol. The second-order valence-electron chi connectivity index (χ2n) is 8.95. The number of piperidine rings is 1. The lowest BCUT2D eigenvalue weighted by atomic mass is 9.80. The van der Waals surface area contributed by atoms with E-state index in [1.807, 2.05) is 43.6 Å². The monoisotopic (exact) mass is 458 g/mol. The maximum atomic E-state index is 13.2. The summed E-state index contributed by atoms with van der Waals surface area (Å²) in [6.07, 6.45) is 2.74. The highest BCUT2D eigenvalue weighted by atomic mass is 16.5. The molecule has 3 N–H and O–H groups in total. The molecule has 0 saturated carbocycles. The van der Waals surface area contributed by atoms with E-state index < -0.39 is 0 Å². The van der Waals surface area contributed by atoms with Crippen molar-refractivity contribution in [2.24, 2.45) is 5.92 Å². The number of carbonyl (C=O) groups excluding carboxylic acids is 1. The molecule has 1 saturated heterocycles. The largest absolute Gasteiger partial charge is 0.489 e. The zero-order chi connectivity index (χ0) is 23.9. The summed E-state index contributed by atoms with van der Waals surface area (Å²) >= 11 is 0. The van der Waals surface area contributed by atoms with Crippen LogP contribution in [0.4, 0.5) is 5.82 Å². The molecule has 0 spiro atoms. The van der Waals surface area contributed by atoms with Gasteiger partial charge in [0, 0.05) is 31.9 Å². The number of nitrogens with zero attached hydrogens (tertiary/aromatic N) is 1. The predicted octanol–water partition coefficient (Wildman–Crippen LogP) is 4.33. The molecule has 1 fully saturated rings. The molecule has 1 aliphatic rings. The summed E-state index contributed by atoms with van der Waals surface area (Å²) < 4.78 is 6.05. The van der Waals surface area contributed by atoms with Crippen LogP contribution in [0.2, 0.25) is 0 Å². The molecule has 2 aromatic carbocycles. The van der Waals surface area contributed by atoms with Crippen molar-refractivity contribution < 1.29 is 9.53 Å². The number of aromatic nitrogens is 1. The van der Waals surface area contributed by atoms with Gasteiger partial charge in [-0.25, -0.2) is 4.98 Å². The van der Waals surface area contributed by atoms with Crippen LogP contribution in [0, 0.1) is 19.8 Å². The minimum absolute atomic E-state index is 0.0973. The molecular weight excluding hydrogens is 424 g/mol. The van der Waals surface area contributed by atoms with Gasteiger partial charge in [-0.2, -0.15) is 0 Å². The lowest BCUT2D eigenvalue weighted by Gasteiger charge is -2.32. The molecule has 0 unspecified atom stereocenters. The molecule has 1 aliphatic heterocycles. The number of anilines is 1. The van der Waals surface area contributed by atoms with E-state index in [1.54, 1.807) is 0 Å². The van der Waals surface area contributed by atoms with E-state index in [0.29, 0.717) is 19.7 Å². The van der Waals surface area contributed by atoms with Crippen LogP contribution < -0.4 is 20.7 Å². The third-order valence-corrected chi connectivity index (χ3v) is 6.76. The van der Waals surface area contributed by atoms with Gasteiger partial charge in [0.25, 0.3) is 0 Å². The summed E-state index contributed by atoms with van der Waals surface area (Å²) in [4.78, 5) is 17.5. The topological polar surface area (TPSA) is 75.3 Å². The van der Waals surface area contributed by atoms with Crippen molar-refractivity contribution in [3.05, 3.63) is 88.6 Å². The highest BCUT2D eigenvalue weighted by molar-refractivity contribution is 5.80. The van der Waals surface area contributed by atoms with Crippen molar-refractivity contribution in [3.63, 3.8) is 0 Å². The van der Waals surface area contributed by atoms with E-state index in [2.05, 4.69) is 59.0 Å². The van der Waals surface area contributed by atoms with Gasteiger partial charge in [0.15, 0.2) is 0 Å². The number of nitrogens with one attached hydrogen (secondary N) is 3. The van der Waals surface area contributed by atoms with Crippen molar-refractivity contribution in [1.29, 1.82) is 0 Å². The van der Waals surface area contributed by atoms with Gasteiger partial charge in [-0.3, -0.25) is 4.79 Å². The maximum absolute atomic E-state index is 13.2. The molecule has 2 atom stereocenters. The second-order valence-corrected chi connectivity index (χ2v) is 8.95. The highest BCUT2D eigenvalue weighted by Gasteiger charge is 2.32. The number of aryl methyl sites for hydroxylation is 1. The zero-order valence-electron chi connectivity index (χ0n) is 20.2. The zero-order valence-corrected chi connectivity index (χ0v) is 20.2. The van der Waals surface area contributed by atoms with Crippen molar-refractivity contribution in [2.45, 2.75) is 39.3 Å². The van der Waals surface area contributed by atoms with Crippen LogP contribution in [-0.2, 0) is 17.9 Å². The first-order chi connectivity index (χ1) is 16.5. The number of amides is 1. The van der Waals surface area contributed by atoms with Crippen molar-refractivity contribution in [2.75, 3.05) is 25.5 Å². The first-order valence-electron chi connectivity index (χ1n) is 11.9. The fourth-order valence-corrected chi connectivity index (χ4v) is 4.51. The van der Waals surface area contributed by atoms with Gasteiger partial charge in [0.2, 0.25) is 5.91 Å². The molecule has 4 rings (SSSR count). The summed E-state index contributed by atoms with van der Waals surface area (Å²) in [5, 5.41) is 9.60. The SMILES string of the molecule is CNc1ccc(COc2cccc([C@H]3CCNC[C@@H]3C(=O)NCc3cccc(C)c3C)c2)cn1. The summed E-state index contributed by atoms with van der Waals surface area (Å²) in [7, 11) is 1.85. The summed E-state index contributed by atoms with van der Waals surface area (Å²) in [5.41, 5.74) is 5.81. The van der Waals surface area contributed by atoms with E-state index in [9.17, 15) is 4.79 Å². The van der Waals surface area contributed by atoms with E-state index in [0.717, 1.165) is 35.7 Å². The van der Waals surface area contributed by atoms with Gasteiger partial charge in [-0.1, -0.05) is 36.4 Å². The Balaban J connectivity index is 1.41. The normalized spacial score (nSPS) is 17.7. The Bertz CT molecular complexity index is 1110. The van der Waals surface area contributed by atoms with Crippen LogP contribution in [0.15, 0.2) is 60.8 Å². The van der Waals surface area contributed by atoms with Gasteiger partial charge in [0.1, 0.15) is 18.2 Å². The first kappa shape index (κ1) is 23.8. The Morgan fingerprint density at radius 3 is 2.79 bits per heavy atom. The standard InChI is InChI=1S/C28H34N4O2/c1-19-6-4-8-23(20(19)2)16-32-28(33)26-17-30-13-12-25(26)22-7-5-9-24(14-22)34-18-21-10-11-27(29-3)31-15-21/h4-11,14-15,25-26,30H,12-13,16-18H2,1-3H3,(H,29,31)(H,32,33)/t25-,26+/m1/s1. The molecule has 1 aromatic heterocycles. The number of hydrogen-bond acceptors (Lipinski definition) is 5. The fraction of sp³-hybridized carbons (Fsp3) is 0.357. The molecule has 34 heavy (non-hydrogen) atoms. The first-order valence-corrected chi connectivity index (χ1v) is 11.9. The van der Waals surface area contributed by atoms with Crippen molar-refractivity contribution in [3.8, 4) is 5.75 Å². The molecule has 178 valence electrons. The number of benzene rings is 2. The van der Waals surface area contributed by atoms with Crippen LogP contribution in [-0.4, -0.2) is 31.0 Å². The van der Waals surface area contributed by atoms with Gasteiger partial charge in [-0.05, 0) is 73.2 Å². The van der Waals surface area contributed by atoms with Crippen LogP contribution in [0.5, 0.6) is 5.75 Å². The Morgan fingerprint density at radius 2 is 2.00 bits per heavy atom. The summed E-state index contributed by atoms with van der Waals surface area (Å²) in [6, 6.07) is 18.3. The molecule has 3 aromatic rings. The Hall–Kier alpha value is -3.38. The maximum Gasteiger partial charge on any atom is 0.225 e. The molecule has 6 nitrogen and oxygen atoms in total. The minimum atomic E-state index is -0.118. The Kier molecular flexibility index (Phi) is 7.80. The number of hydrogen-bond donors (Lipinski definition) is 3. The second kappa shape index (κ2) is 11.2. The Labute approximate surface area is 202 Å². The molecule has 0 bridgehead atoms. The van der Waals surface area contributed by atoms with E-state index in [1.165, 1.54) is 16.7 Å². The summed E-state index contributed by atoms with van der Waals surface area (Å²) in [5.74, 6) is 1.77. The van der Waals surface area contributed by atoms with E-state index in [-0.39, 0.29) is 17.7 Å². The van der Waals surface area contributed by atoms with Crippen LogP contribution in [0.3, 0.4) is 0 Å². The van der Waals surface area contributed by atoms with Gasteiger partial charge in [-0.15, -0.1) is 0 Å². The average Bonchev–Trinajstić information content (AvgIpc) is 2.88. The number of carbonyl (C=O) groups is 1. The minimum Gasteiger partial charge on any atom is -0.489 e. The van der Waals surface area contributed by atoms with Crippen molar-refractivity contribution >= 4 is 11.7 Å². The van der Waals surface area contributed by atoms with Crippen LogP contribution >= 0.6 is 0 Å². The molecular formula is C28H34N4O2. The molecule has 1 amide bonds. The predicted molar refractivity (Wildman–Crippen MR) is 136 cm³/mol. The third-order valence-electron chi connectivity index (χ3n) is 6.76. The number of ether oxygens (including phenoxy) is 1. The molecule has 6 heteroatoms.